The van der Waals surface area contributed by atoms with Crippen molar-refractivity contribution in [2.24, 2.45) is 0 Å². The van der Waals surface area contributed by atoms with E-state index in [1.54, 1.807) is 23.0 Å². The summed E-state index contributed by atoms with van der Waals surface area (Å²) in [6.07, 6.45) is 1.71. The van der Waals surface area contributed by atoms with Crippen molar-refractivity contribution in [3.63, 3.8) is 0 Å². The topological polar surface area (TPSA) is 64.7 Å². The van der Waals surface area contributed by atoms with Crippen LogP contribution in [-0.2, 0) is 0 Å². The highest BCUT2D eigenvalue weighted by Gasteiger charge is 2.12. The van der Waals surface area contributed by atoms with E-state index in [2.05, 4.69) is 15.5 Å². The number of hydrogen-bond acceptors (Lipinski definition) is 3. The Morgan fingerprint density at radius 3 is 2.57 bits per heavy atom. The summed E-state index contributed by atoms with van der Waals surface area (Å²) in [6.45, 7) is 3.94. The normalized spacial score (nSPS) is 10.8. The molecule has 0 aliphatic rings. The van der Waals surface area contributed by atoms with Crippen LogP contribution in [0.5, 0.6) is 0 Å². The summed E-state index contributed by atoms with van der Waals surface area (Å²) in [5, 5.41) is 12.3. The Balaban J connectivity index is 1.56. The average molecular weight is 392 g/mol. The Bertz CT molecular complexity index is 1160. The van der Waals surface area contributed by atoms with Crippen molar-refractivity contribution >= 4 is 23.2 Å². The maximum absolute atomic E-state index is 12.6. The predicted molar refractivity (Wildman–Crippen MR) is 110 cm³/mol. The van der Waals surface area contributed by atoms with Crippen LogP contribution >= 0.6 is 11.6 Å². The first kappa shape index (κ1) is 18.0. The first-order valence-corrected chi connectivity index (χ1v) is 9.15. The third-order valence-corrected chi connectivity index (χ3v) is 4.60. The van der Waals surface area contributed by atoms with Gasteiger partial charge in [-0.3, -0.25) is 4.79 Å². The lowest BCUT2D eigenvalue weighted by atomic mass is 10.2. The number of aromatic nitrogens is 4. The van der Waals surface area contributed by atoms with Crippen LogP contribution in [0.15, 0.2) is 66.9 Å². The van der Waals surface area contributed by atoms with Crippen molar-refractivity contribution in [2.45, 2.75) is 13.8 Å². The van der Waals surface area contributed by atoms with E-state index in [1.165, 1.54) is 0 Å². The van der Waals surface area contributed by atoms with Crippen LogP contribution in [0, 0.1) is 13.8 Å². The molecule has 1 amide bonds. The van der Waals surface area contributed by atoms with Crippen LogP contribution in [0.4, 0.5) is 5.69 Å². The summed E-state index contributed by atoms with van der Waals surface area (Å²) in [5.41, 5.74) is 4.54. The number of nitrogens with zero attached hydrogens (tertiary/aromatic N) is 4. The fourth-order valence-electron chi connectivity index (χ4n) is 3.02. The molecule has 0 fully saturated rings. The van der Waals surface area contributed by atoms with Gasteiger partial charge in [0.25, 0.3) is 5.91 Å². The van der Waals surface area contributed by atoms with Gasteiger partial charge in [-0.2, -0.15) is 10.2 Å². The highest BCUT2D eigenvalue weighted by Crippen LogP contribution is 2.20. The molecule has 7 heteroatoms. The van der Waals surface area contributed by atoms with Gasteiger partial charge >= 0.3 is 0 Å². The lowest BCUT2D eigenvalue weighted by Gasteiger charge is -2.08. The molecule has 4 aromatic rings. The van der Waals surface area contributed by atoms with Gasteiger partial charge in [0.05, 0.1) is 22.1 Å². The quantitative estimate of drug-likeness (QED) is 0.553. The third kappa shape index (κ3) is 3.54. The zero-order valence-corrected chi connectivity index (χ0v) is 16.2. The van der Waals surface area contributed by atoms with Gasteiger partial charge in [0.15, 0.2) is 5.69 Å². The Hall–Kier alpha value is -3.38. The molecular weight excluding hydrogens is 374 g/mol. The Morgan fingerprint density at radius 2 is 1.82 bits per heavy atom. The number of carbonyl (C=O) groups excluding carboxylic acids is 1. The summed E-state index contributed by atoms with van der Waals surface area (Å²) < 4.78 is 3.43. The molecule has 2 aromatic heterocycles. The summed E-state index contributed by atoms with van der Waals surface area (Å²) in [5.74, 6) is -0.295. The number of hydrogen-bond donors (Lipinski definition) is 1. The van der Waals surface area contributed by atoms with Gasteiger partial charge in [-0.15, -0.1) is 0 Å². The van der Waals surface area contributed by atoms with E-state index in [-0.39, 0.29) is 5.91 Å². The van der Waals surface area contributed by atoms with Gasteiger partial charge in [0, 0.05) is 17.6 Å². The second-order valence-electron chi connectivity index (χ2n) is 6.44. The van der Waals surface area contributed by atoms with E-state index in [0.717, 1.165) is 22.8 Å². The number of rotatable bonds is 4. The van der Waals surface area contributed by atoms with Crippen molar-refractivity contribution in [2.75, 3.05) is 5.32 Å². The molecule has 0 saturated carbocycles. The molecule has 4 rings (SSSR count). The molecule has 2 aromatic carbocycles. The molecule has 0 saturated heterocycles. The largest absolute Gasteiger partial charge is 0.321 e. The molecule has 0 spiro atoms. The molecule has 0 aliphatic carbocycles. The number of anilines is 1. The van der Waals surface area contributed by atoms with Crippen LogP contribution in [0.3, 0.4) is 0 Å². The van der Waals surface area contributed by atoms with E-state index < -0.39 is 0 Å². The van der Waals surface area contributed by atoms with Crippen LogP contribution < -0.4 is 5.32 Å². The average Bonchev–Trinajstić information content (AvgIpc) is 3.29. The smallest absolute Gasteiger partial charge is 0.276 e. The van der Waals surface area contributed by atoms with Gasteiger partial charge in [0.1, 0.15) is 0 Å². The van der Waals surface area contributed by atoms with E-state index in [1.807, 2.05) is 67.1 Å². The summed E-state index contributed by atoms with van der Waals surface area (Å²) in [7, 11) is 0. The monoisotopic (exact) mass is 391 g/mol. The van der Waals surface area contributed by atoms with Gasteiger partial charge in [-0.25, -0.2) is 9.36 Å². The van der Waals surface area contributed by atoms with Crippen molar-refractivity contribution < 1.29 is 4.79 Å². The van der Waals surface area contributed by atoms with Crippen LogP contribution in [-0.4, -0.2) is 25.5 Å². The zero-order chi connectivity index (χ0) is 19.7. The van der Waals surface area contributed by atoms with Gasteiger partial charge in [-0.1, -0.05) is 29.8 Å². The highest BCUT2D eigenvalue weighted by molar-refractivity contribution is 6.32. The van der Waals surface area contributed by atoms with Crippen molar-refractivity contribution in [1.29, 1.82) is 0 Å². The Kier molecular flexibility index (Phi) is 4.71. The van der Waals surface area contributed by atoms with Crippen molar-refractivity contribution in [3.05, 3.63) is 89.0 Å². The number of amides is 1. The number of benzene rings is 2. The molecule has 0 unspecified atom stereocenters. The van der Waals surface area contributed by atoms with Crippen LogP contribution in [0.1, 0.15) is 21.9 Å². The van der Waals surface area contributed by atoms with E-state index in [0.29, 0.717) is 16.4 Å². The van der Waals surface area contributed by atoms with Crippen LogP contribution in [0.2, 0.25) is 5.02 Å². The lowest BCUT2D eigenvalue weighted by Crippen LogP contribution is -2.13. The van der Waals surface area contributed by atoms with E-state index in [9.17, 15) is 4.79 Å². The number of aryl methyl sites for hydroxylation is 2. The first-order chi connectivity index (χ1) is 13.5. The minimum atomic E-state index is -0.295. The SMILES string of the molecule is Cc1cc(C)n(-c2cccc(NC(=O)c3ccn(-c4ccccc4Cl)n3)c2)n1. The van der Waals surface area contributed by atoms with E-state index in [4.69, 9.17) is 11.6 Å². The predicted octanol–water partition coefficient (Wildman–Crippen LogP) is 4.58. The van der Waals surface area contributed by atoms with E-state index >= 15 is 0 Å². The maximum Gasteiger partial charge on any atom is 0.276 e. The molecule has 0 radical (unpaired) electrons. The minimum absolute atomic E-state index is 0.295. The number of para-hydroxylation sites is 1. The number of halogens is 1. The molecule has 6 nitrogen and oxygen atoms in total. The second kappa shape index (κ2) is 7.32. The molecule has 28 heavy (non-hydrogen) atoms. The molecule has 0 atom stereocenters. The van der Waals surface area contributed by atoms with Crippen molar-refractivity contribution in [3.8, 4) is 11.4 Å². The molecule has 1 N–H and O–H groups in total. The Morgan fingerprint density at radius 1 is 1.00 bits per heavy atom. The van der Waals surface area contributed by atoms with Crippen LogP contribution in [0.25, 0.3) is 11.4 Å². The molecular formula is C21H18ClN5O. The van der Waals surface area contributed by atoms with Gasteiger partial charge in [-0.05, 0) is 56.3 Å². The second-order valence-corrected chi connectivity index (χ2v) is 6.85. The third-order valence-electron chi connectivity index (χ3n) is 4.28. The first-order valence-electron chi connectivity index (χ1n) is 8.77. The standard InChI is InChI=1S/C21H18ClN5O/c1-14-12-15(2)27(24-14)17-7-5-6-16(13-17)23-21(28)19-10-11-26(25-19)20-9-4-3-8-18(20)22/h3-13H,1-2H3,(H,23,28). The summed E-state index contributed by atoms with van der Waals surface area (Å²) >= 11 is 6.20. The highest BCUT2D eigenvalue weighted by atomic mass is 35.5. The Labute approximate surface area is 167 Å². The molecule has 2 heterocycles. The molecule has 0 aliphatic heterocycles. The molecule has 140 valence electrons. The summed E-state index contributed by atoms with van der Waals surface area (Å²) in [6, 6.07) is 18.5. The fraction of sp³-hybridized carbons (Fsp3) is 0.0952. The fourth-order valence-corrected chi connectivity index (χ4v) is 3.24. The van der Waals surface area contributed by atoms with Gasteiger partial charge < -0.3 is 5.32 Å². The lowest BCUT2D eigenvalue weighted by molar-refractivity contribution is 0.102. The summed E-state index contributed by atoms with van der Waals surface area (Å²) in [4.78, 5) is 12.6. The molecule has 0 bridgehead atoms. The van der Waals surface area contributed by atoms with Gasteiger partial charge in [0.2, 0.25) is 0 Å². The zero-order valence-electron chi connectivity index (χ0n) is 15.4. The maximum atomic E-state index is 12.6. The number of nitrogens with one attached hydrogen (secondary N) is 1. The number of carbonyl (C=O) groups is 1. The minimum Gasteiger partial charge on any atom is -0.321 e. The van der Waals surface area contributed by atoms with Crippen molar-refractivity contribution in [1.82, 2.24) is 19.6 Å².